The average Bonchev–Trinajstić information content (AvgIpc) is 2.49. The molecule has 0 N–H and O–H groups in total. The molecular formula is C8H8F4N2O3. The molecular weight excluding hydrogens is 248 g/mol. The van der Waals surface area contributed by atoms with Gasteiger partial charge in [0.2, 0.25) is 5.82 Å². The zero-order valence-electron chi connectivity index (χ0n) is 8.84. The van der Waals surface area contributed by atoms with Gasteiger partial charge in [-0.05, 0) is 0 Å². The van der Waals surface area contributed by atoms with Crippen LogP contribution in [0, 0.1) is 5.82 Å². The minimum atomic E-state index is -4.62. The molecule has 0 unspecified atom stereocenters. The summed E-state index contributed by atoms with van der Waals surface area (Å²) in [4.78, 5) is 11.1. The lowest BCUT2D eigenvalue weighted by atomic mass is 10.4. The predicted octanol–water partition coefficient (Wildman–Crippen LogP) is 1.29. The average molecular weight is 256 g/mol. The van der Waals surface area contributed by atoms with E-state index >= 15 is 0 Å². The van der Waals surface area contributed by atoms with Crippen molar-refractivity contribution in [1.82, 2.24) is 9.78 Å². The maximum Gasteiger partial charge on any atom is 0.422 e. The van der Waals surface area contributed by atoms with Gasteiger partial charge in [-0.25, -0.2) is 4.79 Å². The van der Waals surface area contributed by atoms with E-state index in [1.54, 1.807) is 0 Å². The van der Waals surface area contributed by atoms with E-state index in [-0.39, 0.29) is 0 Å². The van der Waals surface area contributed by atoms with Gasteiger partial charge in [-0.2, -0.15) is 17.6 Å². The third-order valence-corrected chi connectivity index (χ3v) is 1.71. The van der Waals surface area contributed by atoms with Crippen LogP contribution in [0.1, 0.15) is 10.5 Å². The Morgan fingerprint density at radius 2 is 2.06 bits per heavy atom. The van der Waals surface area contributed by atoms with Crippen molar-refractivity contribution in [2.24, 2.45) is 7.05 Å². The van der Waals surface area contributed by atoms with E-state index in [1.807, 2.05) is 0 Å². The highest BCUT2D eigenvalue weighted by Crippen LogP contribution is 2.22. The molecule has 0 aromatic carbocycles. The number of hydrogen-bond donors (Lipinski definition) is 0. The number of carbonyl (C=O) groups is 1. The quantitative estimate of drug-likeness (QED) is 0.604. The molecule has 0 bridgehead atoms. The van der Waals surface area contributed by atoms with Crippen LogP contribution in [0.4, 0.5) is 17.6 Å². The topological polar surface area (TPSA) is 53.4 Å². The second-order valence-corrected chi connectivity index (χ2v) is 2.99. The Bertz CT molecular complexity index is 427. The van der Waals surface area contributed by atoms with Crippen LogP contribution in [0.5, 0.6) is 5.88 Å². The standard InChI is InChI=1S/C8H8F4N2O3/c1-14-5(7(15)16-2)4(9)6(13-14)17-3-8(10,11)12/h3H2,1-2H3. The molecule has 1 aromatic heterocycles. The van der Waals surface area contributed by atoms with Crippen LogP contribution in [0.2, 0.25) is 0 Å². The molecule has 0 aliphatic carbocycles. The molecule has 1 rings (SSSR count). The lowest BCUT2D eigenvalue weighted by molar-refractivity contribution is -0.154. The molecule has 1 aromatic rings. The summed E-state index contributed by atoms with van der Waals surface area (Å²) in [6.45, 7) is -1.69. The van der Waals surface area contributed by atoms with Gasteiger partial charge in [0.1, 0.15) is 0 Å². The summed E-state index contributed by atoms with van der Waals surface area (Å²) in [6.07, 6.45) is -4.62. The van der Waals surface area contributed by atoms with Crippen molar-refractivity contribution in [3.8, 4) is 5.88 Å². The van der Waals surface area contributed by atoms with Crippen LogP contribution >= 0.6 is 0 Å². The van der Waals surface area contributed by atoms with Gasteiger partial charge in [-0.3, -0.25) is 4.68 Å². The van der Waals surface area contributed by atoms with Crippen molar-refractivity contribution >= 4 is 5.97 Å². The summed E-state index contributed by atoms with van der Waals surface area (Å²) in [6, 6.07) is 0. The summed E-state index contributed by atoms with van der Waals surface area (Å²) < 4.78 is 58.0. The third-order valence-electron chi connectivity index (χ3n) is 1.71. The Morgan fingerprint density at radius 3 is 2.53 bits per heavy atom. The molecule has 5 nitrogen and oxygen atoms in total. The Balaban J connectivity index is 2.93. The number of hydrogen-bond acceptors (Lipinski definition) is 4. The van der Waals surface area contributed by atoms with Crippen LogP contribution < -0.4 is 4.74 Å². The minimum absolute atomic E-state index is 0.607. The molecule has 0 saturated heterocycles. The molecule has 9 heteroatoms. The summed E-state index contributed by atoms with van der Waals surface area (Å²) in [5.74, 6) is -3.24. The van der Waals surface area contributed by atoms with Crippen molar-refractivity contribution in [1.29, 1.82) is 0 Å². The number of aromatic nitrogens is 2. The van der Waals surface area contributed by atoms with Gasteiger partial charge in [-0.15, -0.1) is 5.10 Å². The monoisotopic (exact) mass is 256 g/mol. The fraction of sp³-hybridized carbons (Fsp3) is 0.500. The molecule has 0 aliphatic heterocycles. The zero-order chi connectivity index (χ0) is 13.2. The maximum atomic E-state index is 13.4. The third kappa shape index (κ3) is 3.08. The minimum Gasteiger partial charge on any atom is -0.465 e. The van der Waals surface area contributed by atoms with Gasteiger partial charge in [0.25, 0.3) is 5.88 Å². The number of methoxy groups -OCH3 is 1. The van der Waals surface area contributed by atoms with Crippen LogP contribution in [-0.2, 0) is 11.8 Å². The Morgan fingerprint density at radius 1 is 1.47 bits per heavy atom. The van der Waals surface area contributed by atoms with E-state index in [0.717, 1.165) is 11.8 Å². The lowest BCUT2D eigenvalue weighted by Gasteiger charge is -2.05. The normalized spacial score (nSPS) is 11.4. The van der Waals surface area contributed by atoms with Crippen LogP contribution in [0.25, 0.3) is 0 Å². The summed E-state index contributed by atoms with van der Waals surface area (Å²) in [7, 11) is 2.18. The van der Waals surface area contributed by atoms with Gasteiger partial charge in [0.15, 0.2) is 12.3 Å². The number of nitrogens with zero attached hydrogens (tertiary/aromatic N) is 2. The number of carbonyl (C=O) groups excluding carboxylic acids is 1. The van der Waals surface area contributed by atoms with Gasteiger partial charge < -0.3 is 9.47 Å². The number of esters is 1. The highest BCUT2D eigenvalue weighted by molar-refractivity contribution is 5.88. The van der Waals surface area contributed by atoms with E-state index in [0.29, 0.717) is 0 Å². The molecule has 0 saturated carbocycles. The van der Waals surface area contributed by atoms with Crippen LogP contribution in [-0.4, -0.2) is 35.6 Å². The summed E-state index contributed by atoms with van der Waals surface area (Å²) >= 11 is 0. The van der Waals surface area contributed by atoms with Crippen LogP contribution in [0.3, 0.4) is 0 Å². The van der Waals surface area contributed by atoms with Crippen molar-refractivity contribution in [2.75, 3.05) is 13.7 Å². The first-order valence-electron chi connectivity index (χ1n) is 4.26. The van der Waals surface area contributed by atoms with Gasteiger partial charge >= 0.3 is 12.1 Å². The van der Waals surface area contributed by atoms with Gasteiger partial charge in [0, 0.05) is 7.05 Å². The van der Waals surface area contributed by atoms with E-state index in [9.17, 15) is 22.4 Å². The maximum absolute atomic E-state index is 13.4. The molecule has 0 radical (unpaired) electrons. The predicted molar refractivity (Wildman–Crippen MR) is 46.1 cm³/mol. The highest BCUT2D eigenvalue weighted by atomic mass is 19.4. The number of alkyl halides is 3. The number of rotatable bonds is 3. The molecule has 0 amide bonds. The Kier molecular flexibility index (Phi) is 3.59. The van der Waals surface area contributed by atoms with Crippen LogP contribution in [0.15, 0.2) is 0 Å². The van der Waals surface area contributed by atoms with Crippen molar-refractivity contribution in [2.45, 2.75) is 6.18 Å². The fourth-order valence-electron chi connectivity index (χ4n) is 1.03. The van der Waals surface area contributed by atoms with Gasteiger partial charge in [-0.1, -0.05) is 0 Å². The summed E-state index contributed by atoms with van der Waals surface area (Å²) in [5.41, 5.74) is -0.607. The smallest absolute Gasteiger partial charge is 0.422 e. The van der Waals surface area contributed by atoms with E-state index < -0.39 is 36.1 Å². The van der Waals surface area contributed by atoms with Gasteiger partial charge in [0.05, 0.1) is 7.11 Å². The Labute approximate surface area is 92.9 Å². The zero-order valence-corrected chi connectivity index (χ0v) is 8.84. The number of aryl methyl sites for hydroxylation is 1. The SMILES string of the molecule is COC(=O)c1c(F)c(OCC(F)(F)F)nn1C. The molecule has 17 heavy (non-hydrogen) atoms. The first-order valence-corrected chi connectivity index (χ1v) is 4.26. The molecule has 0 aliphatic rings. The first-order chi connectivity index (χ1) is 7.76. The number of ether oxygens (including phenoxy) is 2. The molecule has 0 fully saturated rings. The summed E-state index contributed by atoms with van der Waals surface area (Å²) in [5, 5.41) is 3.30. The van der Waals surface area contributed by atoms with E-state index in [1.165, 1.54) is 7.05 Å². The second kappa shape index (κ2) is 4.60. The number of halogens is 4. The first kappa shape index (κ1) is 13.3. The molecule has 1 heterocycles. The largest absolute Gasteiger partial charge is 0.465 e. The van der Waals surface area contributed by atoms with E-state index in [4.69, 9.17) is 0 Å². The second-order valence-electron chi connectivity index (χ2n) is 2.99. The molecule has 0 atom stereocenters. The van der Waals surface area contributed by atoms with Crippen molar-refractivity contribution in [3.05, 3.63) is 11.5 Å². The lowest BCUT2D eigenvalue weighted by Crippen LogP contribution is -2.19. The van der Waals surface area contributed by atoms with E-state index in [2.05, 4.69) is 14.6 Å². The highest BCUT2D eigenvalue weighted by Gasteiger charge is 2.31. The van der Waals surface area contributed by atoms with Crippen molar-refractivity contribution < 1.29 is 31.8 Å². The Hall–Kier alpha value is -1.80. The molecule has 0 spiro atoms. The van der Waals surface area contributed by atoms with Crippen molar-refractivity contribution in [3.63, 3.8) is 0 Å². The molecule has 96 valence electrons. The fourth-order valence-corrected chi connectivity index (χ4v) is 1.03.